The van der Waals surface area contributed by atoms with Gasteiger partial charge in [-0.05, 0) is 67.3 Å². The summed E-state index contributed by atoms with van der Waals surface area (Å²) in [5.41, 5.74) is 3.19. The van der Waals surface area contributed by atoms with E-state index >= 15 is 0 Å². The van der Waals surface area contributed by atoms with Crippen molar-refractivity contribution < 1.29 is 14.4 Å². The predicted octanol–water partition coefficient (Wildman–Crippen LogP) is 2.85. The third-order valence-corrected chi connectivity index (χ3v) is 5.43. The minimum atomic E-state index is -0.425. The zero-order chi connectivity index (χ0) is 20.2. The van der Waals surface area contributed by atoms with Crippen LogP contribution in [0.15, 0.2) is 48.5 Å². The van der Waals surface area contributed by atoms with Crippen LogP contribution in [0.2, 0.25) is 0 Å². The van der Waals surface area contributed by atoms with Crippen molar-refractivity contribution in [3.05, 3.63) is 59.7 Å². The largest absolute Gasteiger partial charge is 0.328 e. The fourth-order valence-electron chi connectivity index (χ4n) is 3.78. The Hall–Kier alpha value is -3.19. The van der Waals surface area contributed by atoms with Gasteiger partial charge in [0.25, 0.3) is 5.91 Å². The summed E-state index contributed by atoms with van der Waals surface area (Å²) in [5, 5.41) is 8.59. The van der Waals surface area contributed by atoms with Gasteiger partial charge in [0.05, 0.1) is 0 Å². The van der Waals surface area contributed by atoms with E-state index in [1.165, 1.54) is 23.3 Å². The lowest BCUT2D eigenvalue weighted by atomic mass is 9.91. The standard InChI is InChI=1S/C22H24N4O3/c27-20-11-13-26(22(29)25-20)19-9-7-18(8-10-19)24-21(28)16-5-3-15(4-6-16)17-2-1-12-23-14-17/h3-10,17,23H,1-2,11-14H2,(H,24,28)(H,25,27,29). The smallest absolute Gasteiger partial charge is 0.322 e. The highest BCUT2D eigenvalue weighted by Crippen LogP contribution is 2.24. The van der Waals surface area contributed by atoms with Crippen LogP contribution >= 0.6 is 0 Å². The van der Waals surface area contributed by atoms with Crippen LogP contribution in [-0.2, 0) is 4.79 Å². The summed E-state index contributed by atoms with van der Waals surface area (Å²) >= 11 is 0. The number of hydrogen-bond donors (Lipinski definition) is 3. The zero-order valence-corrected chi connectivity index (χ0v) is 16.1. The topological polar surface area (TPSA) is 90.5 Å². The van der Waals surface area contributed by atoms with E-state index in [0.29, 0.717) is 29.4 Å². The molecule has 0 aromatic heterocycles. The molecule has 0 saturated carbocycles. The minimum Gasteiger partial charge on any atom is -0.322 e. The van der Waals surface area contributed by atoms with Crippen LogP contribution in [0.4, 0.5) is 16.2 Å². The number of carbonyl (C=O) groups is 3. The maximum atomic E-state index is 12.5. The van der Waals surface area contributed by atoms with E-state index < -0.39 is 6.03 Å². The summed E-state index contributed by atoms with van der Waals surface area (Å²) in [6, 6.07) is 14.4. The van der Waals surface area contributed by atoms with Crippen LogP contribution in [0.25, 0.3) is 0 Å². The SMILES string of the molecule is O=C1CCN(c2ccc(NC(=O)c3ccc(C4CCCNC4)cc3)cc2)C(=O)N1. The number of piperidine rings is 1. The second kappa shape index (κ2) is 8.45. The number of amides is 4. The molecule has 2 aliphatic rings. The average molecular weight is 392 g/mol. The normalized spacial score (nSPS) is 19.6. The number of carbonyl (C=O) groups excluding carboxylic acids is 3. The molecule has 7 heteroatoms. The lowest BCUT2D eigenvalue weighted by Gasteiger charge is -2.26. The van der Waals surface area contributed by atoms with E-state index in [0.717, 1.165) is 13.1 Å². The van der Waals surface area contributed by atoms with Crippen LogP contribution in [0.1, 0.15) is 41.1 Å². The summed E-state index contributed by atoms with van der Waals surface area (Å²) in [5.74, 6) is 0.0731. The molecule has 4 rings (SSSR count). The maximum Gasteiger partial charge on any atom is 0.328 e. The molecule has 2 aromatic carbocycles. The van der Waals surface area contributed by atoms with E-state index in [4.69, 9.17) is 0 Å². The molecule has 4 amide bonds. The maximum absolute atomic E-state index is 12.5. The van der Waals surface area contributed by atoms with Gasteiger partial charge in [-0.2, -0.15) is 0 Å². The Balaban J connectivity index is 1.38. The molecule has 1 unspecified atom stereocenters. The fourth-order valence-corrected chi connectivity index (χ4v) is 3.78. The highest BCUT2D eigenvalue weighted by atomic mass is 16.2. The molecule has 2 saturated heterocycles. The molecule has 2 fully saturated rings. The summed E-state index contributed by atoms with van der Waals surface area (Å²) in [6.45, 7) is 2.41. The van der Waals surface area contributed by atoms with E-state index in [9.17, 15) is 14.4 Å². The van der Waals surface area contributed by atoms with Crippen LogP contribution in [0.5, 0.6) is 0 Å². The van der Waals surface area contributed by atoms with Gasteiger partial charge in [-0.1, -0.05) is 12.1 Å². The third-order valence-electron chi connectivity index (χ3n) is 5.43. The number of rotatable bonds is 4. The molecule has 2 aliphatic heterocycles. The molecule has 29 heavy (non-hydrogen) atoms. The summed E-state index contributed by atoms with van der Waals surface area (Å²) in [7, 11) is 0. The lowest BCUT2D eigenvalue weighted by molar-refractivity contribution is -0.120. The highest BCUT2D eigenvalue weighted by Gasteiger charge is 2.24. The van der Waals surface area contributed by atoms with Crippen molar-refractivity contribution in [3.63, 3.8) is 0 Å². The number of urea groups is 1. The van der Waals surface area contributed by atoms with Gasteiger partial charge < -0.3 is 10.6 Å². The average Bonchev–Trinajstić information content (AvgIpc) is 2.75. The molecule has 3 N–H and O–H groups in total. The Labute approximate surface area is 169 Å². The number of anilines is 2. The van der Waals surface area contributed by atoms with Crippen molar-refractivity contribution >= 4 is 29.2 Å². The van der Waals surface area contributed by atoms with Crippen LogP contribution < -0.4 is 20.9 Å². The molecular formula is C22H24N4O3. The van der Waals surface area contributed by atoms with Gasteiger partial charge in [0.2, 0.25) is 5.91 Å². The van der Waals surface area contributed by atoms with Crippen molar-refractivity contribution in [1.29, 1.82) is 0 Å². The lowest BCUT2D eigenvalue weighted by Crippen LogP contribution is -2.49. The van der Waals surface area contributed by atoms with Crippen molar-refractivity contribution in [1.82, 2.24) is 10.6 Å². The van der Waals surface area contributed by atoms with E-state index in [-0.39, 0.29) is 18.2 Å². The quantitative estimate of drug-likeness (QED) is 0.746. The second-order valence-electron chi connectivity index (χ2n) is 7.42. The number of nitrogens with zero attached hydrogens (tertiary/aromatic N) is 1. The first kappa shape index (κ1) is 19.1. The first-order valence-corrected chi connectivity index (χ1v) is 9.93. The second-order valence-corrected chi connectivity index (χ2v) is 7.42. The third kappa shape index (κ3) is 4.46. The monoisotopic (exact) mass is 392 g/mol. The summed E-state index contributed by atoms with van der Waals surface area (Å²) in [6.07, 6.45) is 2.63. The van der Waals surface area contributed by atoms with Crippen molar-refractivity contribution in [2.45, 2.75) is 25.2 Å². The molecule has 2 aromatic rings. The van der Waals surface area contributed by atoms with Crippen molar-refractivity contribution in [2.24, 2.45) is 0 Å². The molecule has 0 bridgehead atoms. The first-order chi connectivity index (χ1) is 14.1. The van der Waals surface area contributed by atoms with E-state index in [2.05, 4.69) is 16.0 Å². The Morgan fingerprint density at radius 2 is 1.79 bits per heavy atom. The molecular weight excluding hydrogens is 368 g/mol. The Morgan fingerprint density at radius 3 is 2.45 bits per heavy atom. The zero-order valence-electron chi connectivity index (χ0n) is 16.1. The Kier molecular flexibility index (Phi) is 5.57. The van der Waals surface area contributed by atoms with Gasteiger partial charge in [-0.3, -0.25) is 19.8 Å². The predicted molar refractivity (Wildman–Crippen MR) is 111 cm³/mol. The fraction of sp³-hybridized carbons (Fsp3) is 0.318. The number of benzene rings is 2. The molecule has 7 nitrogen and oxygen atoms in total. The van der Waals surface area contributed by atoms with Gasteiger partial charge in [0.1, 0.15) is 0 Å². The number of imide groups is 1. The van der Waals surface area contributed by atoms with Crippen LogP contribution in [0.3, 0.4) is 0 Å². The van der Waals surface area contributed by atoms with Gasteiger partial charge in [0.15, 0.2) is 0 Å². The van der Waals surface area contributed by atoms with E-state index in [1.54, 1.807) is 24.3 Å². The molecule has 0 spiro atoms. The molecule has 2 heterocycles. The Morgan fingerprint density at radius 1 is 1.03 bits per heavy atom. The van der Waals surface area contributed by atoms with Gasteiger partial charge >= 0.3 is 6.03 Å². The number of hydrogen-bond acceptors (Lipinski definition) is 4. The summed E-state index contributed by atoms with van der Waals surface area (Å²) < 4.78 is 0. The van der Waals surface area contributed by atoms with Gasteiger partial charge in [-0.25, -0.2) is 4.79 Å². The van der Waals surface area contributed by atoms with Crippen molar-refractivity contribution in [3.8, 4) is 0 Å². The number of nitrogens with one attached hydrogen (secondary N) is 3. The Bertz CT molecular complexity index is 903. The molecule has 0 radical (unpaired) electrons. The van der Waals surface area contributed by atoms with Crippen molar-refractivity contribution in [2.75, 3.05) is 29.9 Å². The van der Waals surface area contributed by atoms with Gasteiger partial charge in [0, 0.05) is 36.4 Å². The van der Waals surface area contributed by atoms with Crippen LogP contribution in [-0.4, -0.2) is 37.5 Å². The van der Waals surface area contributed by atoms with Crippen LogP contribution in [0, 0.1) is 0 Å². The minimum absolute atomic E-state index is 0.174. The molecule has 150 valence electrons. The van der Waals surface area contributed by atoms with E-state index in [1.807, 2.05) is 24.3 Å². The molecule has 1 atom stereocenters. The first-order valence-electron chi connectivity index (χ1n) is 9.93. The molecule has 0 aliphatic carbocycles. The van der Waals surface area contributed by atoms with Gasteiger partial charge in [-0.15, -0.1) is 0 Å². The highest BCUT2D eigenvalue weighted by molar-refractivity contribution is 6.06. The summed E-state index contributed by atoms with van der Waals surface area (Å²) in [4.78, 5) is 37.2.